The summed E-state index contributed by atoms with van der Waals surface area (Å²) in [7, 11) is 0. The van der Waals surface area contributed by atoms with E-state index in [-0.39, 0.29) is 5.82 Å². The highest BCUT2D eigenvalue weighted by Crippen LogP contribution is 2.30. The molecule has 1 saturated carbocycles. The van der Waals surface area contributed by atoms with Gasteiger partial charge in [0.05, 0.1) is 10.7 Å². The van der Waals surface area contributed by atoms with Crippen LogP contribution < -0.4 is 5.32 Å². The van der Waals surface area contributed by atoms with Crippen LogP contribution in [0.25, 0.3) is 0 Å². The number of nitrogens with one attached hydrogen (secondary N) is 1. The zero-order valence-corrected chi connectivity index (χ0v) is 11.6. The van der Waals surface area contributed by atoms with Crippen molar-refractivity contribution in [1.29, 1.82) is 0 Å². The molecule has 3 heteroatoms. The van der Waals surface area contributed by atoms with Gasteiger partial charge in [-0.25, -0.2) is 4.39 Å². The fourth-order valence-electron chi connectivity index (χ4n) is 2.77. The minimum Gasteiger partial charge on any atom is -0.379 e. The molecule has 0 spiro atoms. The van der Waals surface area contributed by atoms with E-state index in [4.69, 9.17) is 11.6 Å². The highest BCUT2D eigenvalue weighted by molar-refractivity contribution is 6.33. The third kappa shape index (κ3) is 3.38. The Morgan fingerprint density at radius 2 is 2.11 bits per heavy atom. The van der Waals surface area contributed by atoms with Gasteiger partial charge in [0.2, 0.25) is 0 Å². The third-order valence-electron chi connectivity index (χ3n) is 3.98. The van der Waals surface area contributed by atoms with Crippen molar-refractivity contribution in [3.63, 3.8) is 0 Å². The van der Waals surface area contributed by atoms with E-state index in [2.05, 4.69) is 12.2 Å². The molecule has 1 nitrogen and oxygen atoms in total. The van der Waals surface area contributed by atoms with Gasteiger partial charge in [-0.1, -0.05) is 43.9 Å². The van der Waals surface area contributed by atoms with Gasteiger partial charge in [0.15, 0.2) is 0 Å². The molecule has 18 heavy (non-hydrogen) atoms. The second kappa shape index (κ2) is 6.42. The number of para-hydroxylation sites is 1. The van der Waals surface area contributed by atoms with Crippen molar-refractivity contribution in [3.05, 3.63) is 29.0 Å². The van der Waals surface area contributed by atoms with E-state index in [0.717, 1.165) is 18.8 Å². The molecule has 0 amide bonds. The number of anilines is 1. The second-order valence-electron chi connectivity index (χ2n) is 5.22. The smallest absolute Gasteiger partial charge is 0.147 e. The first-order valence-electron chi connectivity index (χ1n) is 6.91. The van der Waals surface area contributed by atoms with E-state index in [1.54, 1.807) is 12.1 Å². The van der Waals surface area contributed by atoms with Crippen LogP contribution in [0.2, 0.25) is 5.02 Å². The summed E-state index contributed by atoms with van der Waals surface area (Å²) in [6.07, 6.45) is 7.25. The highest BCUT2D eigenvalue weighted by atomic mass is 35.5. The van der Waals surface area contributed by atoms with Crippen LogP contribution in [0.4, 0.5) is 10.1 Å². The Morgan fingerprint density at radius 1 is 1.28 bits per heavy atom. The van der Waals surface area contributed by atoms with E-state index in [0.29, 0.717) is 16.8 Å². The minimum absolute atomic E-state index is 0.251. The molecule has 0 bridgehead atoms. The van der Waals surface area contributed by atoms with Crippen LogP contribution in [0, 0.1) is 11.7 Å². The SMILES string of the molecule is CCC1CCCC(Nc2c(F)cccc2Cl)CC1. The first-order chi connectivity index (χ1) is 8.70. The van der Waals surface area contributed by atoms with Gasteiger partial charge in [-0.3, -0.25) is 0 Å². The Hall–Kier alpha value is -0.760. The molecule has 2 rings (SSSR count). The van der Waals surface area contributed by atoms with E-state index >= 15 is 0 Å². The van der Waals surface area contributed by atoms with E-state index in [1.165, 1.54) is 31.7 Å². The molecule has 1 N–H and O–H groups in total. The Bertz CT molecular complexity index is 374. The lowest BCUT2D eigenvalue weighted by atomic mass is 9.98. The van der Waals surface area contributed by atoms with Crippen molar-refractivity contribution in [2.45, 2.75) is 51.5 Å². The quantitative estimate of drug-likeness (QED) is 0.739. The van der Waals surface area contributed by atoms with Gasteiger partial charge < -0.3 is 5.32 Å². The summed E-state index contributed by atoms with van der Waals surface area (Å²) in [4.78, 5) is 0. The zero-order valence-electron chi connectivity index (χ0n) is 10.9. The number of halogens is 2. The van der Waals surface area contributed by atoms with E-state index < -0.39 is 0 Å². The summed E-state index contributed by atoms with van der Waals surface area (Å²) in [6.45, 7) is 2.26. The minimum atomic E-state index is -0.251. The fourth-order valence-corrected chi connectivity index (χ4v) is 2.99. The van der Waals surface area contributed by atoms with Crippen molar-refractivity contribution >= 4 is 17.3 Å². The van der Waals surface area contributed by atoms with Crippen LogP contribution in [-0.2, 0) is 0 Å². The first kappa shape index (κ1) is 13.7. The summed E-state index contributed by atoms with van der Waals surface area (Å²) < 4.78 is 13.7. The van der Waals surface area contributed by atoms with Gasteiger partial charge in [-0.05, 0) is 37.3 Å². The number of hydrogen-bond acceptors (Lipinski definition) is 1. The monoisotopic (exact) mass is 269 g/mol. The number of benzene rings is 1. The third-order valence-corrected chi connectivity index (χ3v) is 4.29. The molecule has 1 aromatic carbocycles. The van der Waals surface area contributed by atoms with Crippen LogP contribution in [0.5, 0.6) is 0 Å². The molecule has 100 valence electrons. The molecule has 0 radical (unpaired) electrons. The Morgan fingerprint density at radius 3 is 2.83 bits per heavy atom. The number of rotatable bonds is 3. The van der Waals surface area contributed by atoms with Gasteiger partial charge in [0, 0.05) is 6.04 Å². The molecule has 1 aliphatic carbocycles. The summed E-state index contributed by atoms with van der Waals surface area (Å²) in [5, 5.41) is 3.77. The second-order valence-corrected chi connectivity index (χ2v) is 5.63. The van der Waals surface area contributed by atoms with Gasteiger partial charge in [-0.2, -0.15) is 0 Å². The standard InChI is InChI=1S/C15H21ClFN/c1-2-11-5-3-6-12(10-9-11)18-15-13(16)7-4-8-14(15)17/h4,7-8,11-12,18H,2-3,5-6,9-10H2,1H3. The van der Waals surface area contributed by atoms with Gasteiger partial charge in [0.1, 0.15) is 5.82 Å². The largest absolute Gasteiger partial charge is 0.379 e. The molecule has 0 heterocycles. The molecule has 1 aromatic rings. The van der Waals surface area contributed by atoms with Crippen molar-refractivity contribution < 1.29 is 4.39 Å². The van der Waals surface area contributed by atoms with Crippen molar-refractivity contribution in [1.82, 2.24) is 0 Å². The predicted molar refractivity (Wildman–Crippen MR) is 75.7 cm³/mol. The molecular weight excluding hydrogens is 249 g/mol. The van der Waals surface area contributed by atoms with E-state index in [9.17, 15) is 4.39 Å². The number of hydrogen-bond donors (Lipinski definition) is 1. The molecule has 0 aromatic heterocycles. The van der Waals surface area contributed by atoms with Crippen LogP contribution >= 0.6 is 11.6 Å². The van der Waals surface area contributed by atoms with Crippen molar-refractivity contribution in [3.8, 4) is 0 Å². The Labute approximate surface area is 114 Å². The van der Waals surface area contributed by atoms with Gasteiger partial charge >= 0.3 is 0 Å². The summed E-state index contributed by atoms with van der Waals surface area (Å²) in [5.74, 6) is 0.590. The Kier molecular flexibility index (Phi) is 4.87. The fraction of sp³-hybridized carbons (Fsp3) is 0.600. The first-order valence-corrected chi connectivity index (χ1v) is 7.29. The van der Waals surface area contributed by atoms with Crippen LogP contribution in [-0.4, -0.2) is 6.04 Å². The lowest BCUT2D eigenvalue weighted by molar-refractivity contribution is 0.444. The average molecular weight is 270 g/mol. The molecule has 2 unspecified atom stereocenters. The Balaban J connectivity index is 2.01. The molecular formula is C15H21ClFN. The molecule has 0 aliphatic heterocycles. The molecule has 2 atom stereocenters. The van der Waals surface area contributed by atoms with Crippen LogP contribution in [0.3, 0.4) is 0 Å². The zero-order chi connectivity index (χ0) is 13.0. The highest BCUT2D eigenvalue weighted by Gasteiger charge is 2.19. The summed E-state index contributed by atoms with van der Waals surface area (Å²) in [5.41, 5.74) is 0.471. The molecule has 0 saturated heterocycles. The lowest BCUT2D eigenvalue weighted by Gasteiger charge is -2.19. The van der Waals surface area contributed by atoms with Gasteiger partial charge in [-0.15, -0.1) is 0 Å². The van der Waals surface area contributed by atoms with Crippen LogP contribution in [0.1, 0.15) is 45.4 Å². The van der Waals surface area contributed by atoms with Crippen LogP contribution in [0.15, 0.2) is 18.2 Å². The maximum atomic E-state index is 13.7. The topological polar surface area (TPSA) is 12.0 Å². The molecule has 1 aliphatic rings. The van der Waals surface area contributed by atoms with Crippen molar-refractivity contribution in [2.75, 3.05) is 5.32 Å². The van der Waals surface area contributed by atoms with Crippen molar-refractivity contribution in [2.24, 2.45) is 5.92 Å². The lowest BCUT2D eigenvalue weighted by Crippen LogP contribution is -2.19. The maximum Gasteiger partial charge on any atom is 0.147 e. The summed E-state index contributed by atoms with van der Waals surface area (Å²) in [6, 6.07) is 5.19. The molecule has 1 fully saturated rings. The predicted octanol–water partition coefficient (Wildman–Crippen LogP) is 5.25. The van der Waals surface area contributed by atoms with Gasteiger partial charge in [0.25, 0.3) is 0 Å². The average Bonchev–Trinajstić information content (AvgIpc) is 2.59. The van der Waals surface area contributed by atoms with E-state index in [1.807, 2.05) is 0 Å². The maximum absolute atomic E-state index is 13.7. The summed E-state index contributed by atoms with van der Waals surface area (Å²) >= 11 is 6.04. The normalized spacial score (nSPS) is 24.6.